The standard InChI is InChI=1S/C13H16N4O2S/c1-16(2)10(18)7-17(3)13(19)12-11(14)8-4-5-15-6-9(8)20-12/h4-6H,7,14H2,1-3H3. The Kier molecular flexibility index (Phi) is 3.89. The van der Waals surface area contributed by atoms with Gasteiger partial charge in [0.2, 0.25) is 5.91 Å². The molecule has 0 aliphatic rings. The van der Waals surface area contributed by atoms with E-state index in [4.69, 9.17) is 5.73 Å². The lowest BCUT2D eigenvalue weighted by atomic mass is 10.2. The van der Waals surface area contributed by atoms with Crippen LogP contribution in [0.4, 0.5) is 5.69 Å². The highest BCUT2D eigenvalue weighted by molar-refractivity contribution is 7.21. The van der Waals surface area contributed by atoms with Crippen LogP contribution >= 0.6 is 11.3 Å². The average molecular weight is 292 g/mol. The number of carbonyl (C=O) groups excluding carboxylic acids is 2. The van der Waals surface area contributed by atoms with E-state index < -0.39 is 0 Å². The van der Waals surface area contributed by atoms with Gasteiger partial charge in [0.25, 0.3) is 5.91 Å². The minimum atomic E-state index is -0.251. The molecule has 6 nitrogen and oxygen atoms in total. The number of aromatic nitrogens is 1. The van der Waals surface area contributed by atoms with Crippen molar-refractivity contribution >= 4 is 38.9 Å². The summed E-state index contributed by atoms with van der Waals surface area (Å²) < 4.78 is 0.862. The average Bonchev–Trinajstić information content (AvgIpc) is 2.75. The van der Waals surface area contributed by atoms with Crippen LogP contribution in [-0.2, 0) is 4.79 Å². The number of fused-ring (bicyclic) bond motifs is 1. The summed E-state index contributed by atoms with van der Waals surface area (Å²) in [5.74, 6) is -0.388. The molecule has 0 fully saturated rings. The summed E-state index contributed by atoms with van der Waals surface area (Å²) in [5, 5.41) is 0.820. The molecule has 2 heterocycles. The zero-order chi connectivity index (χ0) is 14.9. The van der Waals surface area contributed by atoms with Gasteiger partial charge >= 0.3 is 0 Å². The second-order valence-electron chi connectivity index (χ2n) is 4.67. The third-order valence-corrected chi connectivity index (χ3v) is 4.09. The maximum absolute atomic E-state index is 12.4. The first-order valence-electron chi connectivity index (χ1n) is 5.99. The van der Waals surface area contributed by atoms with Gasteiger partial charge in [0.1, 0.15) is 4.88 Å². The first-order chi connectivity index (χ1) is 9.41. The molecule has 0 bridgehead atoms. The number of rotatable bonds is 3. The van der Waals surface area contributed by atoms with Crippen molar-refractivity contribution in [3.63, 3.8) is 0 Å². The molecule has 0 spiro atoms. The van der Waals surface area contributed by atoms with Crippen molar-refractivity contribution < 1.29 is 9.59 Å². The molecule has 0 atom stereocenters. The SMILES string of the molecule is CN(C)C(=O)CN(C)C(=O)c1sc2cnccc2c1N. The number of carbonyl (C=O) groups is 2. The zero-order valence-corrected chi connectivity index (χ0v) is 12.4. The molecule has 0 saturated carbocycles. The number of thiophene rings is 1. The zero-order valence-electron chi connectivity index (χ0n) is 11.6. The molecule has 0 aromatic carbocycles. The summed E-state index contributed by atoms with van der Waals surface area (Å²) in [6, 6.07) is 1.78. The Morgan fingerprint density at radius 2 is 2.05 bits per heavy atom. The second-order valence-corrected chi connectivity index (χ2v) is 5.72. The monoisotopic (exact) mass is 292 g/mol. The number of pyridine rings is 1. The third-order valence-electron chi connectivity index (χ3n) is 2.94. The van der Waals surface area contributed by atoms with Crippen LogP contribution in [0, 0.1) is 0 Å². The number of anilines is 1. The van der Waals surface area contributed by atoms with Gasteiger partial charge in [-0.1, -0.05) is 0 Å². The number of nitrogens with two attached hydrogens (primary N) is 1. The second kappa shape index (κ2) is 5.46. The Morgan fingerprint density at radius 1 is 1.35 bits per heavy atom. The molecule has 7 heteroatoms. The lowest BCUT2D eigenvalue weighted by Crippen LogP contribution is -2.37. The summed E-state index contributed by atoms with van der Waals surface area (Å²) in [6.45, 7) is 0.0256. The Hall–Kier alpha value is -2.15. The lowest BCUT2D eigenvalue weighted by Gasteiger charge is -2.18. The van der Waals surface area contributed by atoms with E-state index in [9.17, 15) is 9.59 Å². The van der Waals surface area contributed by atoms with Crippen molar-refractivity contribution in [2.75, 3.05) is 33.4 Å². The molecule has 2 N–H and O–H groups in total. The van der Waals surface area contributed by atoms with Gasteiger partial charge in [0.15, 0.2) is 0 Å². The minimum absolute atomic E-state index is 0.0256. The molecular weight excluding hydrogens is 276 g/mol. The number of nitrogen functional groups attached to an aromatic ring is 1. The molecule has 2 aromatic rings. The number of amides is 2. The number of hydrogen-bond acceptors (Lipinski definition) is 5. The molecule has 2 aromatic heterocycles. The van der Waals surface area contributed by atoms with Crippen LogP contribution in [0.25, 0.3) is 10.1 Å². The fourth-order valence-electron chi connectivity index (χ4n) is 1.72. The van der Waals surface area contributed by atoms with Crippen molar-refractivity contribution in [1.82, 2.24) is 14.8 Å². The van der Waals surface area contributed by atoms with Gasteiger partial charge in [-0.15, -0.1) is 11.3 Å². The van der Waals surface area contributed by atoms with Crippen LogP contribution in [0.2, 0.25) is 0 Å². The van der Waals surface area contributed by atoms with Crippen LogP contribution in [-0.4, -0.2) is 54.3 Å². The number of hydrogen-bond donors (Lipinski definition) is 1. The predicted molar refractivity (Wildman–Crippen MR) is 79.7 cm³/mol. The lowest BCUT2D eigenvalue weighted by molar-refractivity contribution is -0.129. The Bertz CT molecular complexity index is 665. The quantitative estimate of drug-likeness (QED) is 0.916. The molecule has 0 saturated heterocycles. The molecule has 2 rings (SSSR count). The summed E-state index contributed by atoms with van der Waals surface area (Å²) in [7, 11) is 4.89. The van der Waals surface area contributed by atoms with Gasteiger partial charge in [0, 0.05) is 38.9 Å². The smallest absolute Gasteiger partial charge is 0.266 e. The molecule has 106 valence electrons. The van der Waals surface area contributed by atoms with Crippen LogP contribution in [0.5, 0.6) is 0 Å². The van der Waals surface area contributed by atoms with E-state index >= 15 is 0 Å². The van der Waals surface area contributed by atoms with E-state index in [-0.39, 0.29) is 18.4 Å². The first-order valence-corrected chi connectivity index (χ1v) is 6.81. The van der Waals surface area contributed by atoms with Crippen LogP contribution < -0.4 is 5.73 Å². The largest absolute Gasteiger partial charge is 0.397 e. The minimum Gasteiger partial charge on any atom is -0.397 e. The van der Waals surface area contributed by atoms with Crippen molar-refractivity contribution in [3.05, 3.63) is 23.3 Å². The Labute approximate surface area is 120 Å². The predicted octanol–water partition coefficient (Wildman–Crippen LogP) is 1.04. The molecule has 20 heavy (non-hydrogen) atoms. The topological polar surface area (TPSA) is 79.5 Å². The van der Waals surface area contributed by atoms with Crippen LogP contribution in [0.1, 0.15) is 9.67 Å². The molecule has 0 unspecified atom stereocenters. The summed E-state index contributed by atoms with van der Waals surface area (Å²) >= 11 is 1.29. The van der Waals surface area contributed by atoms with Crippen LogP contribution in [0.15, 0.2) is 18.5 Å². The summed E-state index contributed by atoms with van der Waals surface area (Å²) in [5.41, 5.74) is 6.45. The van der Waals surface area contributed by atoms with Crippen molar-refractivity contribution in [3.8, 4) is 0 Å². The maximum Gasteiger partial charge on any atom is 0.266 e. The fraction of sp³-hybridized carbons (Fsp3) is 0.308. The van der Waals surface area contributed by atoms with Gasteiger partial charge in [-0.05, 0) is 6.07 Å². The maximum atomic E-state index is 12.4. The van der Waals surface area contributed by atoms with E-state index in [1.165, 1.54) is 21.1 Å². The van der Waals surface area contributed by atoms with Crippen molar-refractivity contribution in [1.29, 1.82) is 0 Å². The highest BCUT2D eigenvalue weighted by atomic mass is 32.1. The van der Waals surface area contributed by atoms with E-state index in [0.717, 1.165) is 10.1 Å². The van der Waals surface area contributed by atoms with Crippen LogP contribution in [0.3, 0.4) is 0 Å². The number of nitrogens with zero attached hydrogens (tertiary/aromatic N) is 3. The highest BCUT2D eigenvalue weighted by Crippen LogP contribution is 2.33. The van der Waals surface area contributed by atoms with Gasteiger partial charge < -0.3 is 15.5 Å². The van der Waals surface area contributed by atoms with E-state index in [1.54, 1.807) is 39.6 Å². The van der Waals surface area contributed by atoms with Gasteiger partial charge in [-0.25, -0.2) is 0 Å². The molecular formula is C13H16N4O2S. The molecule has 0 aliphatic carbocycles. The van der Waals surface area contributed by atoms with E-state index in [1.807, 2.05) is 0 Å². The van der Waals surface area contributed by atoms with Crippen molar-refractivity contribution in [2.24, 2.45) is 0 Å². The molecule has 0 radical (unpaired) electrons. The first kappa shape index (κ1) is 14.3. The van der Waals surface area contributed by atoms with Crippen molar-refractivity contribution in [2.45, 2.75) is 0 Å². The normalized spacial score (nSPS) is 10.6. The fourth-order valence-corrected chi connectivity index (χ4v) is 2.80. The molecule has 2 amide bonds. The van der Waals surface area contributed by atoms with E-state index in [2.05, 4.69) is 4.98 Å². The number of likely N-dealkylation sites (N-methyl/N-ethyl adjacent to an activating group) is 2. The summed E-state index contributed by atoms with van der Waals surface area (Å²) in [4.78, 5) is 31.3. The summed E-state index contributed by atoms with van der Waals surface area (Å²) in [6.07, 6.45) is 3.32. The Morgan fingerprint density at radius 3 is 2.65 bits per heavy atom. The third kappa shape index (κ3) is 2.57. The van der Waals surface area contributed by atoms with Gasteiger partial charge in [-0.3, -0.25) is 14.6 Å². The van der Waals surface area contributed by atoms with E-state index in [0.29, 0.717) is 10.6 Å². The molecule has 0 aliphatic heterocycles. The van der Waals surface area contributed by atoms with Gasteiger partial charge in [0.05, 0.1) is 16.9 Å². The highest BCUT2D eigenvalue weighted by Gasteiger charge is 2.21. The van der Waals surface area contributed by atoms with Gasteiger partial charge in [-0.2, -0.15) is 0 Å². The Balaban J connectivity index is 2.27.